The smallest absolute Gasteiger partial charge is 0.234 e. The number of benzene rings is 1. The van der Waals surface area contributed by atoms with Gasteiger partial charge in [0.2, 0.25) is 5.91 Å². The van der Waals surface area contributed by atoms with E-state index in [1.165, 1.54) is 43.9 Å². The molecule has 1 fully saturated rings. The fourth-order valence-corrected chi connectivity index (χ4v) is 3.73. The second-order valence-electron chi connectivity index (χ2n) is 5.94. The largest absolute Gasteiger partial charge is 0.325 e. The topological polar surface area (TPSA) is 59.8 Å². The number of nitrogens with one attached hydrogen (secondary N) is 1. The predicted molar refractivity (Wildman–Crippen MR) is 92.6 cm³/mol. The van der Waals surface area contributed by atoms with Crippen molar-refractivity contribution >= 4 is 23.4 Å². The van der Waals surface area contributed by atoms with Gasteiger partial charge in [0.15, 0.2) is 5.16 Å². The van der Waals surface area contributed by atoms with E-state index in [9.17, 15) is 4.79 Å². The number of para-hydroxylation sites is 1. The van der Waals surface area contributed by atoms with Crippen molar-refractivity contribution in [1.29, 1.82) is 0 Å². The van der Waals surface area contributed by atoms with Crippen LogP contribution in [0, 0.1) is 0 Å². The predicted octanol–water partition coefficient (Wildman–Crippen LogP) is 3.59. The molecule has 0 saturated heterocycles. The minimum absolute atomic E-state index is 0.0246. The number of rotatable bonds is 5. The highest BCUT2D eigenvalue weighted by atomic mass is 32.2. The fraction of sp³-hybridized carbons (Fsp3) is 0.471. The number of hydrogen-bond donors (Lipinski definition) is 1. The first-order valence-corrected chi connectivity index (χ1v) is 9.09. The number of aromatic nitrogens is 3. The third-order valence-corrected chi connectivity index (χ3v) is 5.25. The SMILES string of the molecule is Cn1c(SCC(=O)Nc2ccccc2)nnc1C1CCCCC1. The van der Waals surface area contributed by atoms with Crippen LogP contribution in [0.2, 0.25) is 0 Å². The molecule has 0 radical (unpaired) electrons. The molecule has 5 nitrogen and oxygen atoms in total. The molecule has 2 aromatic rings. The number of carbonyl (C=O) groups is 1. The Morgan fingerprint density at radius 2 is 1.96 bits per heavy atom. The van der Waals surface area contributed by atoms with Crippen LogP contribution in [0.4, 0.5) is 5.69 Å². The highest BCUT2D eigenvalue weighted by molar-refractivity contribution is 7.99. The van der Waals surface area contributed by atoms with Crippen LogP contribution < -0.4 is 5.32 Å². The molecule has 1 N–H and O–H groups in total. The highest BCUT2D eigenvalue weighted by Gasteiger charge is 2.22. The maximum absolute atomic E-state index is 12.0. The van der Waals surface area contributed by atoms with E-state index >= 15 is 0 Å². The maximum Gasteiger partial charge on any atom is 0.234 e. The molecule has 1 aliphatic carbocycles. The van der Waals surface area contributed by atoms with E-state index in [4.69, 9.17) is 0 Å². The van der Waals surface area contributed by atoms with E-state index in [1.54, 1.807) is 0 Å². The summed E-state index contributed by atoms with van der Waals surface area (Å²) >= 11 is 1.44. The van der Waals surface area contributed by atoms with Crippen LogP contribution in [0.15, 0.2) is 35.5 Å². The molecular formula is C17H22N4OS. The van der Waals surface area contributed by atoms with E-state index in [-0.39, 0.29) is 5.91 Å². The number of anilines is 1. The summed E-state index contributed by atoms with van der Waals surface area (Å²) in [5.41, 5.74) is 0.818. The van der Waals surface area contributed by atoms with Crippen LogP contribution in [0.1, 0.15) is 43.8 Å². The monoisotopic (exact) mass is 330 g/mol. The third kappa shape index (κ3) is 4.13. The molecule has 1 heterocycles. The molecule has 1 aromatic carbocycles. The van der Waals surface area contributed by atoms with Crippen molar-refractivity contribution in [3.8, 4) is 0 Å². The first-order valence-electron chi connectivity index (χ1n) is 8.11. The average molecular weight is 330 g/mol. The molecule has 23 heavy (non-hydrogen) atoms. The summed E-state index contributed by atoms with van der Waals surface area (Å²) in [6, 6.07) is 9.50. The quantitative estimate of drug-likeness (QED) is 0.851. The molecule has 0 unspecified atom stereocenters. The van der Waals surface area contributed by atoms with Gasteiger partial charge >= 0.3 is 0 Å². The first-order chi connectivity index (χ1) is 11.2. The Kier molecular flexibility index (Phi) is 5.33. The van der Waals surface area contributed by atoms with Crippen molar-refractivity contribution < 1.29 is 4.79 Å². The van der Waals surface area contributed by atoms with Gasteiger partial charge in [0.25, 0.3) is 0 Å². The van der Waals surface area contributed by atoms with Gasteiger partial charge in [-0.1, -0.05) is 49.2 Å². The van der Waals surface area contributed by atoms with Crippen LogP contribution in [0.3, 0.4) is 0 Å². The lowest BCUT2D eigenvalue weighted by atomic mass is 9.89. The van der Waals surface area contributed by atoms with Crippen LogP contribution in [-0.4, -0.2) is 26.4 Å². The molecule has 122 valence electrons. The zero-order valence-electron chi connectivity index (χ0n) is 13.4. The van der Waals surface area contributed by atoms with Gasteiger partial charge in [0.1, 0.15) is 5.82 Å². The Labute approximate surface area is 140 Å². The Morgan fingerprint density at radius 3 is 2.70 bits per heavy atom. The lowest BCUT2D eigenvalue weighted by molar-refractivity contribution is -0.113. The standard InChI is InChI=1S/C17H22N4OS/c1-21-16(13-8-4-2-5-9-13)19-20-17(21)23-12-15(22)18-14-10-6-3-7-11-14/h3,6-7,10-11,13H,2,4-5,8-9,12H2,1H3,(H,18,22). The molecule has 3 rings (SSSR count). The molecule has 1 saturated carbocycles. The van der Waals surface area contributed by atoms with E-state index in [1.807, 2.05) is 37.4 Å². The van der Waals surface area contributed by atoms with Crippen molar-refractivity contribution in [3.05, 3.63) is 36.2 Å². The van der Waals surface area contributed by atoms with Gasteiger partial charge in [-0.2, -0.15) is 0 Å². The average Bonchev–Trinajstić information content (AvgIpc) is 2.95. The van der Waals surface area contributed by atoms with Crippen molar-refractivity contribution in [2.75, 3.05) is 11.1 Å². The molecule has 0 atom stereocenters. The van der Waals surface area contributed by atoms with Gasteiger partial charge in [0.05, 0.1) is 5.75 Å². The zero-order chi connectivity index (χ0) is 16.1. The molecule has 0 spiro atoms. The molecule has 0 bridgehead atoms. The summed E-state index contributed by atoms with van der Waals surface area (Å²) in [5.74, 6) is 1.90. The maximum atomic E-state index is 12.0. The minimum atomic E-state index is -0.0246. The van der Waals surface area contributed by atoms with Crippen LogP contribution >= 0.6 is 11.8 Å². The number of amides is 1. The molecule has 6 heteroatoms. The Hall–Kier alpha value is -1.82. The second kappa shape index (κ2) is 7.64. The molecule has 0 aliphatic heterocycles. The summed E-state index contributed by atoms with van der Waals surface area (Å²) in [6.07, 6.45) is 6.28. The number of hydrogen-bond acceptors (Lipinski definition) is 4. The van der Waals surface area contributed by atoms with Crippen molar-refractivity contribution in [1.82, 2.24) is 14.8 Å². The Balaban J connectivity index is 1.56. The van der Waals surface area contributed by atoms with E-state index in [0.717, 1.165) is 16.7 Å². The molecule has 1 aliphatic rings. The zero-order valence-corrected chi connectivity index (χ0v) is 14.2. The lowest BCUT2D eigenvalue weighted by Gasteiger charge is -2.20. The van der Waals surface area contributed by atoms with Crippen LogP contribution in [-0.2, 0) is 11.8 Å². The number of carbonyl (C=O) groups excluding carboxylic acids is 1. The summed E-state index contributed by atoms with van der Waals surface area (Å²) in [5, 5.41) is 12.3. The van der Waals surface area contributed by atoms with E-state index in [0.29, 0.717) is 11.7 Å². The van der Waals surface area contributed by atoms with E-state index in [2.05, 4.69) is 20.1 Å². The van der Waals surface area contributed by atoms with Gasteiger partial charge < -0.3 is 9.88 Å². The normalized spacial score (nSPS) is 15.5. The summed E-state index contributed by atoms with van der Waals surface area (Å²) in [4.78, 5) is 12.0. The van der Waals surface area contributed by atoms with Gasteiger partial charge in [-0.3, -0.25) is 4.79 Å². The Bertz CT molecular complexity index is 650. The van der Waals surface area contributed by atoms with Crippen LogP contribution in [0.5, 0.6) is 0 Å². The number of thioether (sulfide) groups is 1. The first kappa shape index (κ1) is 16.1. The summed E-state index contributed by atoms with van der Waals surface area (Å²) in [6.45, 7) is 0. The van der Waals surface area contributed by atoms with Gasteiger partial charge in [-0.05, 0) is 25.0 Å². The van der Waals surface area contributed by atoms with Crippen molar-refractivity contribution in [2.24, 2.45) is 7.05 Å². The lowest BCUT2D eigenvalue weighted by Crippen LogP contribution is -2.14. The number of nitrogens with zero attached hydrogens (tertiary/aromatic N) is 3. The minimum Gasteiger partial charge on any atom is -0.325 e. The van der Waals surface area contributed by atoms with Gasteiger partial charge in [-0.25, -0.2) is 0 Å². The van der Waals surface area contributed by atoms with Crippen molar-refractivity contribution in [2.45, 2.75) is 43.2 Å². The van der Waals surface area contributed by atoms with E-state index < -0.39 is 0 Å². The fourth-order valence-electron chi connectivity index (χ4n) is 3.02. The third-order valence-electron chi connectivity index (χ3n) is 4.23. The molecule has 1 aromatic heterocycles. The van der Waals surface area contributed by atoms with Gasteiger partial charge in [-0.15, -0.1) is 10.2 Å². The summed E-state index contributed by atoms with van der Waals surface area (Å²) < 4.78 is 2.05. The molecule has 1 amide bonds. The summed E-state index contributed by atoms with van der Waals surface area (Å²) in [7, 11) is 2.00. The highest BCUT2D eigenvalue weighted by Crippen LogP contribution is 2.32. The second-order valence-corrected chi connectivity index (χ2v) is 6.88. The van der Waals surface area contributed by atoms with Crippen LogP contribution in [0.25, 0.3) is 0 Å². The molecular weight excluding hydrogens is 308 g/mol. The van der Waals surface area contributed by atoms with Crippen molar-refractivity contribution in [3.63, 3.8) is 0 Å². The van der Waals surface area contributed by atoms with Gasteiger partial charge in [0, 0.05) is 18.7 Å². The Morgan fingerprint density at radius 1 is 1.22 bits per heavy atom.